The molecule has 1 amide bonds. The molecule has 220 valence electrons. The van der Waals surface area contributed by atoms with Gasteiger partial charge in [-0.15, -0.1) is 0 Å². The molecule has 2 aromatic carbocycles. The number of rotatable bonds is 11. The number of hydrogen-bond donors (Lipinski definition) is 2. The summed E-state index contributed by atoms with van der Waals surface area (Å²) in [5, 5.41) is 2.94. The lowest BCUT2D eigenvalue weighted by Gasteiger charge is -2.20. The highest BCUT2D eigenvalue weighted by Crippen LogP contribution is 2.41. The van der Waals surface area contributed by atoms with Crippen molar-refractivity contribution in [3.05, 3.63) is 72.6 Å². The predicted octanol–water partition coefficient (Wildman–Crippen LogP) is 5.06. The summed E-state index contributed by atoms with van der Waals surface area (Å²) in [6.07, 6.45) is 3.04. The van der Waals surface area contributed by atoms with Crippen LogP contribution in [0.5, 0.6) is 17.2 Å². The standard InChI is InChI=1S/C29H32N6O5S2/c1-6-30-23(36)18-41-28-24(40-22-11-8-7-10-21(22)39-5)25(33-27(34-28)26-31-16-9-17-32-26)35-42(37,38)20-14-12-19(13-15-20)29(2,3)4/h7-17H,6,18H2,1-5H3,(H,30,36)(H,33,34,35). The number of para-hydroxylation sites is 2. The Hall–Kier alpha value is -4.23. The van der Waals surface area contributed by atoms with E-state index in [4.69, 9.17) is 9.47 Å². The van der Waals surface area contributed by atoms with Gasteiger partial charge >= 0.3 is 0 Å². The van der Waals surface area contributed by atoms with Gasteiger partial charge in [0, 0.05) is 18.9 Å². The van der Waals surface area contributed by atoms with Crippen molar-refractivity contribution in [2.24, 2.45) is 0 Å². The molecule has 2 N–H and O–H groups in total. The fraction of sp³-hybridized carbons (Fsp3) is 0.276. The largest absolute Gasteiger partial charge is 0.493 e. The van der Waals surface area contributed by atoms with E-state index in [9.17, 15) is 13.2 Å². The number of carbonyl (C=O) groups excluding carboxylic acids is 1. The van der Waals surface area contributed by atoms with Gasteiger partial charge in [-0.3, -0.25) is 9.52 Å². The minimum atomic E-state index is -4.14. The second-order valence-electron chi connectivity index (χ2n) is 9.98. The summed E-state index contributed by atoms with van der Waals surface area (Å²) in [5.74, 6) is 0.491. The molecule has 4 aromatic rings. The first-order chi connectivity index (χ1) is 20.0. The molecule has 0 spiro atoms. The minimum Gasteiger partial charge on any atom is -0.493 e. The third-order valence-corrected chi connectivity index (χ3v) is 8.17. The smallest absolute Gasteiger partial charge is 0.263 e. The Balaban J connectivity index is 1.86. The van der Waals surface area contributed by atoms with Crippen molar-refractivity contribution in [1.29, 1.82) is 0 Å². The maximum Gasteiger partial charge on any atom is 0.263 e. The third-order valence-electron chi connectivity index (χ3n) is 5.86. The molecule has 2 heterocycles. The van der Waals surface area contributed by atoms with E-state index in [0.717, 1.165) is 17.3 Å². The van der Waals surface area contributed by atoms with Gasteiger partial charge in [-0.05, 0) is 48.2 Å². The van der Waals surface area contributed by atoms with Crippen LogP contribution >= 0.6 is 11.8 Å². The van der Waals surface area contributed by atoms with Crippen molar-refractivity contribution in [3.8, 4) is 28.9 Å². The second-order valence-corrected chi connectivity index (χ2v) is 12.6. The van der Waals surface area contributed by atoms with E-state index in [2.05, 4.69) is 30.0 Å². The van der Waals surface area contributed by atoms with Gasteiger partial charge in [0.2, 0.25) is 17.5 Å². The highest BCUT2D eigenvalue weighted by molar-refractivity contribution is 8.00. The summed E-state index contributed by atoms with van der Waals surface area (Å²) in [6.45, 7) is 8.41. The molecule has 11 nitrogen and oxygen atoms in total. The van der Waals surface area contributed by atoms with Crippen LogP contribution in [0, 0.1) is 0 Å². The summed E-state index contributed by atoms with van der Waals surface area (Å²) >= 11 is 1.06. The number of anilines is 1. The maximum atomic E-state index is 13.6. The number of carbonyl (C=O) groups is 1. The van der Waals surface area contributed by atoms with E-state index < -0.39 is 10.0 Å². The molecular formula is C29H32N6O5S2. The fourth-order valence-electron chi connectivity index (χ4n) is 3.72. The van der Waals surface area contributed by atoms with Crippen molar-refractivity contribution < 1.29 is 22.7 Å². The van der Waals surface area contributed by atoms with Crippen molar-refractivity contribution in [2.45, 2.75) is 43.0 Å². The van der Waals surface area contributed by atoms with E-state index in [0.29, 0.717) is 18.0 Å². The number of sulfonamides is 1. The molecule has 0 bridgehead atoms. The first-order valence-corrected chi connectivity index (χ1v) is 15.5. The molecule has 0 saturated carbocycles. The fourth-order valence-corrected chi connectivity index (χ4v) is 5.51. The first kappa shape index (κ1) is 30.7. The molecule has 0 radical (unpaired) electrons. The summed E-state index contributed by atoms with van der Waals surface area (Å²) in [6, 6.07) is 15.1. The average Bonchev–Trinajstić information content (AvgIpc) is 2.97. The van der Waals surface area contributed by atoms with Gasteiger partial charge in [0.15, 0.2) is 23.1 Å². The number of aromatic nitrogens is 4. The molecule has 4 rings (SSSR count). The SMILES string of the molecule is CCNC(=O)CSc1nc(-c2ncccn2)nc(NS(=O)(=O)c2ccc(C(C)(C)C)cc2)c1Oc1ccccc1OC. The lowest BCUT2D eigenvalue weighted by Crippen LogP contribution is -2.24. The lowest BCUT2D eigenvalue weighted by atomic mass is 9.87. The van der Waals surface area contributed by atoms with Crippen LogP contribution in [0.2, 0.25) is 0 Å². The van der Waals surface area contributed by atoms with Crippen LogP contribution in [0.4, 0.5) is 5.82 Å². The van der Waals surface area contributed by atoms with Crippen molar-refractivity contribution in [3.63, 3.8) is 0 Å². The number of methoxy groups -OCH3 is 1. The number of amides is 1. The number of benzene rings is 2. The molecule has 13 heteroatoms. The Kier molecular flexibility index (Phi) is 9.63. The Morgan fingerprint density at radius 2 is 1.60 bits per heavy atom. The number of ether oxygens (including phenoxy) is 2. The summed E-state index contributed by atoms with van der Waals surface area (Å²) < 4.78 is 41.5. The van der Waals surface area contributed by atoms with Crippen LogP contribution in [-0.4, -0.2) is 53.7 Å². The van der Waals surface area contributed by atoms with E-state index in [1.807, 2.05) is 27.7 Å². The number of nitrogens with zero attached hydrogens (tertiary/aromatic N) is 4. The number of hydrogen-bond acceptors (Lipinski definition) is 10. The number of thioether (sulfide) groups is 1. The lowest BCUT2D eigenvalue weighted by molar-refractivity contribution is -0.118. The van der Waals surface area contributed by atoms with Crippen LogP contribution in [0.25, 0.3) is 11.6 Å². The van der Waals surface area contributed by atoms with Crippen LogP contribution in [0.15, 0.2) is 76.9 Å². The van der Waals surface area contributed by atoms with Crippen molar-refractivity contribution >= 4 is 33.5 Å². The minimum absolute atomic E-state index is 0.0108. The van der Waals surface area contributed by atoms with Gasteiger partial charge in [-0.25, -0.2) is 28.4 Å². The normalized spacial score (nSPS) is 11.5. The van der Waals surface area contributed by atoms with E-state index in [-0.39, 0.29) is 50.2 Å². The van der Waals surface area contributed by atoms with Crippen molar-refractivity contribution in [2.75, 3.05) is 24.1 Å². The predicted molar refractivity (Wildman–Crippen MR) is 161 cm³/mol. The van der Waals surface area contributed by atoms with Gasteiger partial charge in [0.25, 0.3) is 10.0 Å². The zero-order valence-corrected chi connectivity index (χ0v) is 25.5. The highest BCUT2D eigenvalue weighted by atomic mass is 32.2. The van der Waals surface area contributed by atoms with Crippen LogP contribution in [0.3, 0.4) is 0 Å². The molecule has 0 fully saturated rings. The molecule has 0 saturated heterocycles. The summed E-state index contributed by atoms with van der Waals surface area (Å²) in [4.78, 5) is 29.9. The van der Waals surface area contributed by atoms with Gasteiger partial charge < -0.3 is 14.8 Å². The molecule has 0 unspecified atom stereocenters. The van der Waals surface area contributed by atoms with Crippen molar-refractivity contribution in [1.82, 2.24) is 25.3 Å². The van der Waals surface area contributed by atoms with Crippen LogP contribution in [0.1, 0.15) is 33.3 Å². The second kappa shape index (κ2) is 13.2. The topological polar surface area (TPSA) is 145 Å². The van der Waals surface area contributed by atoms with Crippen LogP contribution in [-0.2, 0) is 20.2 Å². The maximum absolute atomic E-state index is 13.6. The van der Waals surface area contributed by atoms with Gasteiger partial charge in [-0.2, -0.15) is 0 Å². The molecular weight excluding hydrogens is 576 g/mol. The third kappa shape index (κ3) is 7.53. The van der Waals surface area contributed by atoms with Crippen LogP contribution < -0.4 is 19.5 Å². The van der Waals surface area contributed by atoms with Gasteiger partial charge in [0.1, 0.15) is 5.03 Å². The number of nitrogens with one attached hydrogen (secondary N) is 2. The Labute approximate surface area is 249 Å². The summed E-state index contributed by atoms with van der Waals surface area (Å²) in [7, 11) is -2.65. The first-order valence-electron chi connectivity index (χ1n) is 13.0. The zero-order chi connectivity index (χ0) is 30.3. The monoisotopic (exact) mass is 608 g/mol. The Morgan fingerprint density at radius 3 is 2.21 bits per heavy atom. The highest BCUT2D eigenvalue weighted by Gasteiger charge is 2.26. The molecule has 0 aliphatic carbocycles. The molecule has 42 heavy (non-hydrogen) atoms. The molecule has 0 aliphatic heterocycles. The van der Waals surface area contributed by atoms with Gasteiger partial charge in [-0.1, -0.05) is 56.8 Å². The molecule has 0 atom stereocenters. The molecule has 0 aliphatic rings. The van der Waals surface area contributed by atoms with E-state index in [1.165, 1.54) is 31.6 Å². The quantitative estimate of drug-likeness (QED) is 0.175. The zero-order valence-electron chi connectivity index (χ0n) is 23.9. The Morgan fingerprint density at radius 1 is 0.929 bits per heavy atom. The molecule has 2 aromatic heterocycles. The average molecular weight is 609 g/mol. The van der Waals surface area contributed by atoms with E-state index in [1.54, 1.807) is 42.5 Å². The summed E-state index contributed by atoms with van der Waals surface area (Å²) in [5.41, 5.74) is 0.829. The van der Waals surface area contributed by atoms with Gasteiger partial charge in [0.05, 0.1) is 17.8 Å². The Bertz CT molecular complexity index is 1640. The van der Waals surface area contributed by atoms with E-state index >= 15 is 0 Å².